The number of aryl methyl sites for hydroxylation is 2. The van der Waals surface area contributed by atoms with Gasteiger partial charge in [-0.15, -0.1) is 0 Å². The number of amides is 2. The molecule has 7 nitrogen and oxygen atoms in total. The van der Waals surface area contributed by atoms with Crippen LogP contribution in [-0.4, -0.2) is 59.3 Å². The zero-order chi connectivity index (χ0) is 17.9. The molecule has 24 heavy (non-hydrogen) atoms. The number of hydrogen-bond acceptors (Lipinski definition) is 4. The molecule has 1 N–H and O–H groups in total. The molecule has 2 amide bonds. The first-order chi connectivity index (χ1) is 11.4. The van der Waals surface area contributed by atoms with Crippen molar-refractivity contribution in [2.45, 2.75) is 45.1 Å². The van der Waals surface area contributed by atoms with E-state index in [0.717, 1.165) is 23.4 Å². The van der Waals surface area contributed by atoms with Crippen LogP contribution in [-0.2, 0) is 27.8 Å². The summed E-state index contributed by atoms with van der Waals surface area (Å²) in [4.78, 5) is 27.0. The number of likely N-dealkylation sites (N-methyl/N-ethyl adjacent to an activating group) is 1. The molecule has 134 valence electrons. The lowest BCUT2D eigenvalue weighted by Crippen LogP contribution is -2.59. The number of aromatic nitrogens is 2. The fraction of sp³-hybridized carbons (Fsp3) is 0.706. The highest BCUT2D eigenvalue weighted by Gasteiger charge is 2.49. The lowest BCUT2D eigenvalue weighted by molar-refractivity contribution is -0.148. The number of nitrogens with one attached hydrogen (secondary N) is 1. The van der Waals surface area contributed by atoms with Crippen molar-refractivity contribution in [3.05, 3.63) is 17.0 Å². The minimum absolute atomic E-state index is 0.00389. The van der Waals surface area contributed by atoms with Crippen LogP contribution in [0.3, 0.4) is 0 Å². The van der Waals surface area contributed by atoms with Crippen molar-refractivity contribution >= 4 is 11.8 Å². The summed E-state index contributed by atoms with van der Waals surface area (Å²) in [6, 6.07) is 0. The first-order valence-corrected chi connectivity index (χ1v) is 8.38. The number of methoxy groups -OCH3 is 1. The third-order valence-corrected chi connectivity index (χ3v) is 5.07. The average Bonchev–Trinajstić information content (AvgIpc) is 3.08. The number of hydrogen-bond donors (Lipinski definition) is 1. The molecule has 0 radical (unpaired) electrons. The first kappa shape index (κ1) is 18.4. The summed E-state index contributed by atoms with van der Waals surface area (Å²) in [6.45, 7) is 4.79. The van der Waals surface area contributed by atoms with Crippen molar-refractivity contribution in [1.29, 1.82) is 0 Å². The maximum Gasteiger partial charge on any atom is 0.248 e. The number of carbonyl (C=O) groups excluding carboxylic acids is 2. The van der Waals surface area contributed by atoms with E-state index in [2.05, 4.69) is 10.4 Å². The highest BCUT2D eigenvalue weighted by atomic mass is 16.5. The molecule has 2 rings (SSSR count). The topological polar surface area (TPSA) is 76.5 Å². The minimum Gasteiger partial charge on any atom is -0.382 e. The summed E-state index contributed by atoms with van der Waals surface area (Å²) in [5.41, 5.74) is 2.27. The SMILES string of the molecule is CNC(=O)C1(COC)CCCN1C(=O)CCc1c(C)nn(C)c1C. The third kappa shape index (κ3) is 3.17. The van der Waals surface area contributed by atoms with Gasteiger partial charge in [0.15, 0.2) is 0 Å². The van der Waals surface area contributed by atoms with Gasteiger partial charge in [-0.1, -0.05) is 0 Å². The number of nitrogens with zero attached hydrogens (tertiary/aromatic N) is 3. The van der Waals surface area contributed by atoms with Gasteiger partial charge < -0.3 is 15.0 Å². The van der Waals surface area contributed by atoms with E-state index < -0.39 is 5.54 Å². The fourth-order valence-corrected chi connectivity index (χ4v) is 3.71. The molecule has 0 aromatic carbocycles. The van der Waals surface area contributed by atoms with Crippen molar-refractivity contribution in [2.24, 2.45) is 7.05 Å². The van der Waals surface area contributed by atoms with Crippen LogP contribution in [0.1, 0.15) is 36.2 Å². The number of rotatable bonds is 6. The van der Waals surface area contributed by atoms with Gasteiger partial charge in [0.05, 0.1) is 12.3 Å². The Morgan fingerprint density at radius 1 is 1.38 bits per heavy atom. The molecule has 1 aliphatic rings. The zero-order valence-corrected chi connectivity index (χ0v) is 15.3. The fourth-order valence-electron chi connectivity index (χ4n) is 3.71. The molecular formula is C17H28N4O3. The van der Waals surface area contributed by atoms with Gasteiger partial charge in [-0.05, 0) is 38.7 Å². The predicted molar refractivity (Wildman–Crippen MR) is 90.6 cm³/mol. The molecule has 1 saturated heterocycles. The Labute approximate surface area is 143 Å². The molecule has 1 aromatic rings. The van der Waals surface area contributed by atoms with E-state index in [-0.39, 0.29) is 18.4 Å². The molecule has 0 aliphatic carbocycles. The van der Waals surface area contributed by atoms with E-state index >= 15 is 0 Å². The van der Waals surface area contributed by atoms with E-state index in [1.165, 1.54) is 0 Å². The normalized spacial score (nSPS) is 20.5. The maximum absolute atomic E-state index is 12.8. The van der Waals surface area contributed by atoms with Crippen LogP contribution < -0.4 is 5.32 Å². The van der Waals surface area contributed by atoms with Gasteiger partial charge in [-0.2, -0.15) is 5.10 Å². The van der Waals surface area contributed by atoms with Gasteiger partial charge >= 0.3 is 0 Å². The molecule has 0 bridgehead atoms. The standard InChI is InChI=1S/C17H28N4O3/c1-12-14(13(2)20(4)19-12)7-8-15(22)21-10-6-9-17(21,11-24-5)16(23)18-3/h6-11H2,1-5H3,(H,18,23). The second-order valence-electron chi connectivity index (χ2n) is 6.47. The second-order valence-corrected chi connectivity index (χ2v) is 6.47. The van der Waals surface area contributed by atoms with Crippen molar-refractivity contribution in [2.75, 3.05) is 27.3 Å². The average molecular weight is 336 g/mol. The largest absolute Gasteiger partial charge is 0.382 e. The quantitative estimate of drug-likeness (QED) is 0.831. The Hall–Kier alpha value is -1.89. The molecule has 1 aromatic heterocycles. The van der Waals surface area contributed by atoms with Gasteiger partial charge in [0.25, 0.3) is 0 Å². The molecule has 1 aliphatic heterocycles. The molecular weight excluding hydrogens is 308 g/mol. The Morgan fingerprint density at radius 2 is 2.08 bits per heavy atom. The van der Waals surface area contributed by atoms with Crippen LogP contribution in [0, 0.1) is 13.8 Å². The lowest BCUT2D eigenvalue weighted by Gasteiger charge is -2.36. The first-order valence-electron chi connectivity index (χ1n) is 8.38. The van der Waals surface area contributed by atoms with Gasteiger partial charge in [-0.3, -0.25) is 14.3 Å². The summed E-state index contributed by atoms with van der Waals surface area (Å²) in [5, 5.41) is 7.08. The summed E-state index contributed by atoms with van der Waals surface area (Å²) in [7, 11) is 5.07. The number of ether oxygens (including phenoxy) is 1. The van der Waals surface area contributed by atoms with Crippen molar-refractivity contribution in [3.8, 4) is 0 Å². The van der Waals surface area contributed by atoms with Crippen LogP contribution in [0.4, 0.5) is 0 Å². The third-order valence-electron chi connectivity index (χ3n) is 5.07. The molecule has 0 saturated carbocycles. The van der Waals surface area contributed by atoms with Gasteiger partial charge in [-0.25, -0.2) is 0 Å². The Bertz CT molecular complexity index is 626. The predicted octanol–water partition coefficient (Wildman–Crippen LogP) is 0.723. The van der Waals surface area contributed by atoms with E-state index in [1.807, 2.05) is 25.6 Å². The van der Waals surface area contributed by atoms with Gasteiger partial charge in [0, 0.05) is 39.9 Å². The summed E-state index contributed by atoms with van der Waals surface area (Å²) in [6.07, 6.45) is 2.46. The molecule has 0 spiro atoms. The number of likely N-dealkylation sites (tertiary alicyclic amines) is 1. The van der Waals surface area contributed by atoms with Crippen LogP contribution >= 0.6 is 0 Å². The summed E-state index contributed by atoms with van der Waals surface area (Å²) < 4.78 is 7.11. The van der Waals surface area contributed by atoms with E-state index in [1.54, 1.807) is 19.1 Å². The summed E-state index contributed by atoms with van der Waals surface area (Å²) >= 11 is 0. The minimum atomic E-state index is -0.875. The second kappa shape index (κ2) is 7.34. The van der Waals surface area contributed by atoms with E-state index in [0.29, 0.717) is 25.8 Å². The van der Waals surface area contributed by atoms with Gasteiger partial charge in [0.2, 0.25) is 11.8 Å². The van der Waals surface area contributed by atoms with Crippen LogP contribution in [0.25, 0.3) is 0 Å². The van der Waals surface area contributed by atoms with Crippen molar-refractivity contribution in [1.82, 2.24) is 20.0 Å². The number of carbonyl (C=O) groups is 2. The molecule has 1 fully saturated rings. The smallest absolute Gasteiger partial charge is 0.248 e. The van der Waals surface area contributed by atoms with E-state index in [9.17, 15) is 9.59 Å². The molecule has 1 atom stereocenters. The van der Waals surface area contributed by atoms with E-state index in [4.69, 9.17) is 4.74 Å². The molecule has 1 unspecified atom stereocenters. The highest BCUT2D eigenvalue weighted by molar-refractivity contribution is 5.92. The Balaban J connectivity index is 2.14. The monoisotopic (exact) mass is 336 g/mol. The van der Waals surface area contributed by atoms with Crippen LogP contribution in [0.15, 0.2) is 0 Å². The lowest BCUT2D eigenvalue weighted by atomic mass is 9.95. The maximum atomic E-state index is 12.8. The molecule has 7 heteroatoms. The highest BCUT2D eigenvalue weighted by Crippen LogP contribution is 2.31. The van der Waals surface area contributed by atoms with Crippen LogP contribution in [0.5, 0.6) is 0 Å². The Kier molecular flexibility index (Phi) is 5.64. The van der Waals surface area contributed by atoms with Crippen molar-refractivity contribution in [3.63, 3.8) is 0 Å². The zero-order valence-electron chi connectivity index (χ0n) is 15.3. The van der Waals surface area contributed by atoms with Gasteiger partial charge in [0.1, 0.15) is 5.54 Å². The van der Waals surface area contributed by atoms with Crippen molar-refractivity contribution < 1.29 is 14.3 Å². The molecule has 2 heterocycles. The van der Waals surface area contributed by atoms with Crippen LogP contribution in [0.2, 0.25) is 0 Å². The summed E-state index contributed by atoms with van der Waals surface area (Å²) in [5.74, 6) is -0.153. The Morgan fingerprint density at radius 3 is 2.62 bits per heavy atom.